The first-order chi connectivity index (χ1) is 14.3. The van der Waals surface area contributed by atoms with Crippen molar-refractivity contribution in [3.05, 3.63) is 57.5 Å². The lowest BCUT2D eigenvalue weighted by Crippen LogP contribution is -2.27. The molecule has 0 aliphatic carbocycles. The van der Waals surface area contributed by atoms with Crippen LogP contribution in [0.3, 0.4) is 0 Å². The summed E-state index contributed by atoms with van der Waals surface area (Å²) in [5.74, 6) is -0.871. The molecule has 1 N–H and O–H groups in total. The first-order valence-corrected chi connectivity index (χ1v) is 11.8. The minimum atomic E-state index is -3.60. The van der Waals surface area contributed by atoms with Gasteiger partial charge in [-0.2, -0.15) is 4.31 Å². The molecule has 1 aromatic heterocycles. The van der Waals surface area contributed by atoms with Gasteiger partial charge in [-0.05, 0) is 49.2 Å². The van der Waals surface area contributed by atoms with E-state index in [-0.39, 0.29) is 29.4 Å². The van der Waals surface area contributed by atoms with Gasteiger partial charge in [0.15, 0.2) is 5.58 Å². The van der Waals surface area contributed by atoms with Gasteiger partial charge in [0.2, 0.25) is 15.9 Å². The number of benzene rings is 2. The van der Waals surface area contributed by atoms with Gasteiger partial charge in [0.25, 0.3) is 0 Å². The van der Waals surface area contributed by atoms with Gasteiger partial charge >= 0.3 is 5.76 Å². The molecular weight excluding hydrogens is 474 g/mol. The zero-order valence-electron chi connectivity index (χ0n) is 16.0. The third-order valence-electron chi connectivity index (χ3n) is 5.03. The monoisotopic (exact) mass is 493 g/mol. The summed E-state index contributed by atoms with van der Waals surface area (Å²) in [7, 11) is -3.60. The van der Waals surface area contributed by atoms with Crippen LogP contribution in [0.2, 0.25) is 0 Å². The number of rotatable bonds is 6. The van der Waals surface area contributed by atoms with Crippen molar-refractivity contribution in [2.75, 3.05) is 18.4 Å². The molecule has 2 aromatic carbocycles. The number of carbonyl (C=O) groups excluding carboxylic acids is 1. The first-order valence-electron chi connectivity index (χ1n) is 9.53. The predicted molar refractivity (Wildman–Crippen MR) is 116 cm³/mol. The summed E-state index contributed by atoms with van der Waals surface area (Å²) in [6, 6.07) is 11.6. The number of anilines is 1. The lowest BCUT2D eigenvalue weighted by molar-refractivity contribution is -0.116. The molecule has 3 aromatic rings. The number of halogens is 1. The second-order valence-corrected chi connectivity index (χ2v) is 9.92. The maximum atomic E-state index is 12.7. The Morgan fingerprint density at radius 1 is 1.10 bits per heavy atom. The Hall–Kier alpha value is -2.43. The highest BCUT2D eigenvalue weighted by Gasteiger charge is 2.28. The smallest absolute Gasteiger partial charge is 0.408 e. The normalized spacial score (nSPS) is 15.0. The number of nitrogens with zero attached hydrogens (tertiary/aromatic N) is 2. The third-order valence-corrected chi connectivity index (χ3v) is 7.46. The Bertz CT molecular complexity index is 1240. The number of hydrogen-bond acceptors (Lipinski definition) is 5. The van der Waals surface area contributed by atoms with Crippen LogP contribution in [0.4, 0.5) is 5.69 Å². The summed E-state index contributed by atoms with van der Waals surface area (Å²) in [5.41, 5.74) is 1.30. The van der Waals surface area contributed by atoms with E-state index in [0.29, 0.717) is 24.3 Å². The van der Waals surface area contributed by atoms with Gasteiger partial charge in [-0.25, -0.2) is 13.2 Å². The Morgan fingerprint density at radius 3 is 2.50 bits per heavy atom. The molecule has 158 valence electrons. The fraction of sp³-hybridized carbons (Fsp3) is 0.300. The Kier molecular flexibility index (Phi) is 5.81. The molecule has 2 heterocycles. The molecule has 10 heteroatoms. The second-order valence-electron chi connectivity index (χ2n) is 7.07. The van der Waals surface area contributed by atoms with E-state index in [2.05, 4.69) is 21.2 Å². The molecule has 1 fully saturated rings. The van der Waals surface area contributed by atoms with Gasteiger partial charge in [0.05, 0.1) is 10.4 Å². The van der Waals surface area contributed by atoms with E-state index < -0.39 is 15.8 Å². The maximum Gasteiger partial charge on any atom is 0.419 e. The molecule has 1 amide bonds. The molecule has 0 bridgehead atoms. The van der Waals surface area contributed by atoms with Crippen molar-refractivity contribution in [3.63, 3.8) is 0 Å². The molecule has 1 aliphatic rings. The zero-order valence-corrected chi connectivity index (χ0v) is 18.4. The average Bonchev–Trinajstić information content (AvgIpc) is 3.36. The summed E-state index contributed by atoms with van der Waals surface area (Å²) in [6.45, 7) is 1.12. The van der Waals surface area contributed by atoms with Crippen molar-refractivity contribution in [3.8, 4) is 0 Å². The largest absolute Gasteiger partial charge is 0.419 e. The van der Waals surface area contributed by atoms with Crippen LogP contribution >= 0.6 is 15.9 Å². The molecule has 0 radical (unpaired) electrons. The summed E-state index contributed by atoms with van der Waals surface area (Å²) in [4.78, 5) is 24.6. The molecule has 1 aliphatic heterocycles. The molecule has 0 spiro atoms. The van der Waals surface area contributed by atoms with Crippen LogP contribution in [0.5, 0.6) is 0 Å². The van der Waals surface area contributed by atoms with Crippen molar-refractivity contribution in [2.24, 2.45) is 0 Å². The molecule has 0 atom stereocenters. The van der Waals surface area contributed by atoms with Crippen LogP contribution in [0.1, 0.15) is 19.3 Å². The van der Waals surface area contributed by atoms with Crippen LogP contribution in [-0.2, 0) is 21.4 Å². The number of amides is 1. The van der Waals surface area contributed by atoms with E-state index in [4.69, 9.17) is 4.42 Å². The minimum absolute atomic E-state index is 0.0679. The maximum absolute atomic E-state index is 12.7. The van der Waals surface area contributed by atoms with Crippen molar-refractivity contribution in [1.29, 1.82) is 0 Å². The van der Waals surface area contributed by atoms with Crippen LogP contribution in [0.15, 0.2) is 61.0 Å². The molecule has 0 unspecified atom stereocenters. The summed E-state index contributed by atoms with van der Waals surface area (Å²) >= 11 is 3.33. The Morgan fingerprint density at radius 2 is 1.80 bits per heavy atom. The minimum Gasteiger partial charge on any atom is -0.408 e. The summed E-state index contributed by atoms with van der Waals surface area (Å²) < 4.78 is 34.4. The SMILES string of the molecule is O=C(CCn1c(=O)oc2cc(S(=O)(=O)N3CCCC3)ccc21)Nc1ccc(Br)cc1. The fourth-order valence-corrected chi connectivity index (χ4v) is 5.26. The number of oxazole rings is 1. The summed E-state index contributed by atoms with van der Waals surface area (Å²) in [5, 5.41) is 2.77. The lowest BCUT2D eigenvalue weighted by Gasteiger charge is -2.15. The summed E-state index contributed by atoms with van der Waals surface area (Å²) in [6.07, 6.45) is 1.75. The highest BCUT2D eigenvalue weighted by atomic mass is 79.9. The number of hydrogen-bond donors (Lipinski definition) is 1. The average molecular weight is 494 g/mol. The standard InChI is InChI=1S/C20H20BrN3O5S/c21-14-3-5-15(6-4-14)22-19(25)9-12-24-17-8-7-16(13-18(17)29-20(24)26)30(27,28)23-10-1-2-11-23/h3-8,13H,1-2,9-12H2,(H,22,25). The van der Waals surface area contributed by atoms with Crippen molar-refractivity contribution >= 4 is 48.6 Å². The van der Waals surface area contributed by atoms with Crippen LogP contribution in [0, 0.1) is 0 Å². The van der Waals surface area contributed by atoms with Gasteiger partial charge in [-0.3, -0.25) is 9.36 Å². The molecule has 1 saturated heterocycles. The topological polar surface area (TPSA) is 102 Å². The Balaban J connectivity index is 1.51. The van der Waals surface area contributed by atoms with Crippen molar-refractivity contribution in [1.82, 2.24) is 8.87 Å². The number of aryl methyl sites for hydroxylation is 1. The van der Waals surface area contributed by atoms with E-state index in [9.17, 15) is 18.0 Å². The van der Waals surface area contributed by atoms with Crippen molar-refractivity contribution < 1.29 is 17.6 Å². The van der Waals surface area contributed by atoms with Gasteiger partial charge < -0.3 is 9.73 Å². The predicted octanol–water partition coefficient (Wildman–Crippen LogP) is 3.17. The number of sulfonamides is 1. The van der Waals surface area contributed by atoms with Gasteiger partial charge in [-0.1, -0.05) is 15.9 Å². The van der Waals surface area contributed by atoms with E-state index >= 15 is 0 Å². The van der Waals surface area contributed by atoms with Gasteiger partial charge in [-0.15, -0.1) is 0 Å². The highest BCUT2D eigenvalue weighted by molar-refractivity contribution is 9.10. The quantitative estimate of drug-likeness (QED) is 0.568. The highest BCUT2D eigenvalue weighted by Crippen LogP contribution is 2.24. The lowest BCUT2D eigenvalue weighted by atomic mass is 10.3. The fourth-order valence-electron chi connectivity index (χ4n) is 3.47. The van der Waals surface area contributed by atoms with Crippen LogP contribution < -0.4 is 11.1 Å². The molecule has 0 saturated carbocycles. The van der Waals surface area contributed by atoms with Crippen LogP contribution in [-0.4, -0.2) is 36.3 Å². The second kappa shape index (κ2) is 8.37. The van der Waals surface area contributed by atoms with Gasteiger partial charge in [0, 0.05) is 42.3 Å². The van der Waals surface area contributed by atoms with E-state index in [1.807, 2.05) is 12.1 Å². The van der Waals surface area contributed by atoms with Gasteiger partial charge in [0.1, 0.15) is 0 Å². The number of carbonyl (C=O) groups is 1. The molecule has 8 nitrogen and oxygen atoms in total. The van der Waals surface area contributed by atoms with Crippen LogP contribution in [0.25, 0.3) is 11.1 Å². The molecule has 4 rings (SSSR count). The number of aromatic nitrogens is 1. The zero-order chi connectivity index (χ0) is 21.3. The van der Waals surface area contributed by atoms with E-state index in [1.54, 1.807) is 18.2 Å². The first kappa shape index (κ1) is 20.8. The van der Waals surface area contributed by atoms with E-state index in [1.165, 1.54) is 21.0 Å². The van der Waals surface area contributed by atoms with Crippen molar-refractivity contribution in [2.45, 2.75) is 30.7 Å². The third kappa shape index (κ3) is 4.21. The number of nitrogens with one attached hydrogen (secondary N) is 1. The molecular formula is C20H20BrN3O5S. The number of fused-ring (bicyclic) bond motifs is 1. The molecule has 30 heavy (non-hydrogen) atoms. The van der Waals surface area contributed by atoms with E-state index in [0.717, 1.165) is 17.3 Å². The Labute approximate surface area is 181 Å².